The molecule has 2 heterocycles. The number of fused-ring (bicyclic) bond motifs is 1. The Balaban J connectivity index is 1.78. The lowest BCUT2D eigenvalue weighted by atomic mass is 10.0. The van der Waals surface area contributed by atoms with E-state index in [1.165, 1.54) is 4.90 Å². The van der Waals surface area contributed by atoms with E-state index in [1.807, 2.05) is 0 Å². The molecule has 9 nitrogen and oxygen atoms in total. The van der Waals surface area contributed by atoms with Crippen LogP contribution >= 0.6 is 0 Å². The van der Waals surface area contributed by atoms with E-state index in [0.717, 1.165) is 16.8 Å². The van der Waals surface area contributed by atoms with Crippen LogP contribution in [0.1, 0.15) is 55.1 Å². The minimum absolute atomic E-state index is 0.209. The van der Waals surface area contributed by atoms with E-state index in [-0.39, 0.29) is 31.3 Å². The van der Waals surface area contributed by atoms with Crippen molar-refractivity contribution in [2.24, 2.45) is 0 Å². The van der Waals surface area contributed by atoms with E-state index in [2.05, 4.69) is 16.0 Å². The van der Waals surface area contributed by atoms with Gasteiger partial charge in [0.15, 0.2) is 0 Å². The third kappa shape index (κ3) is 4.33. The summed E-state index contributed by atoms with van der Waals surface area (Å²) in [5, 5.41) is 8.12. The van der Waals surface area contributed by atoms with Gasteiger partial charge in [0.2, 0.25) is 11.8 Å². The molecule has 29 heavy (non-hydrogen) atoms. The number of piperidine rings is 1. The van der Waals surface area contributed by atoms with Crippen molar-refractivity contribution in [3.63, 3.8) is 0 Å². The Hall–Kier alpha value is -3.10. The fourth-order valence-corrected chi connectivity index (χ4v) is 3.63. The highest BCUT2D eigenvalue weighted by atomic mass is 16.6. The zero-order valence-electron chi connectivity index (χ0n) is 17.0. The number of hydrogen-bond donors (Lipinski definition) is 3. The summed E-state index contributed by atoms with van der Waals surface area (Å²) in [7, 11) is 1.74. The molecule has 4 amide bonds. The van der Waals surface area contributed by atoms with Crippen molar-refractivity contribution in [3.8, 4) is 0 Å². The van der Waals surface area contributed by atoms with Crippen molar-refractivity contribution >= 4 is 29.5 Å². The van der Waals surface area contributed by atoms with Crippen molar-refractivity contribution in [1.82, 2.24) is 15.5 Å². The van der Waals surface area contributed by atoms with Gasteiger partial charge in [-0.05, 0) is 38.8 Å². The molecule has 0 radical (unpaired) electrons. The number of benzene rings is 1. The molecule has 1 unspecified atom stereocenters. The highest BCUT2D eigenvalue weighted by Crippen LogP contribution is 2.34. The highest BCUT2D eigenvalue weighted by molar-refractivity contribution is 6.06. The maximum absolute atomic E-state index is 12.9. The van der Waals surface area contributed by atoms with Gasteiger partial charge in [-0.3, -0.25) is 19.7 Å². The molecular weight excluding hydrogens is 376 g/mol. The lowest BCUT2D eigenvalue weighted by molar-refractivity contribution is -0.136. The van der Waals surface area contributed by atoms with Gasteiger partial charge in [-0.1, -0.05) is 6.07 Å². The summed E-state index contributed by atoms with van der Waals surface area (Å²) in [5.41, 5.74) is 2.23. The van der Waals surface area contributed by atoms with Gasteiger partial charge in [-0.15, -0.1) is 0 Å². The molecule has 1 saturated heterocycles. The molecule has 2 aliphatic rings. The second-order valence-corrected chi connectivity index (χ2v) is 8.13. The number of alkyl carbamates (subject to hydrolysis) is 1. The van der Waals surface area contributed by atoms with Crippen molar-refractivity contribution < 1.29 is 23.9 Å². The molecule has 0 bridgehead atoms. The first-order chi connectivity index (χ1) is 13.6. The van der Waals surface area contributed by atoms with Crippen LogP contribution in [-0.2, 0) is 27.4 Å². The topological polar surface area (TPSA) is 117 Å². The van der Waals surface area contributed by atoms with E-state index in [0.29, 0.717) is 12.0 Å². The number of nitrogens with zero attached hydrogens (tertiary/aromatic N) is 1. The van der Waals surface area contributed by atoms with Crippen LogP contribution in [-0.4, -0.2) is 47.4 Å². The van der Waals surface area contributed by atoms with E-state index >= 15 is 0 Å². The number of ether oxygens (including phenoxy) is 1. The van der Waals surface area contributed by atoms with Gasteiger partial charge in [-0.25, -0.2) is 4.79 Å². The molecular formula is C20H26N4O5. The van der Waals surface area contributed by atoms with Crippen molar-refractivity contribution in [1.29, 1.82) is 0 Å². The molecule has 156 valence electrons. The van der Waals surface area contributed by atoms with Gasteiger partial charge >= 0.3 is 6.09 Å². The zero-order chi connectivity index (χ0) is 21.3. The highest BCUT2D eigenvalue weighted by Gasteiger charge is 2.40. The number of carbonyl (C=O) groups excluding carboxylic acids is 4. The average Bonchev–Trinajstić information content (AvgIpc) is 2.95. The van der Waals surface area contributed by atoms with Gasteiger partial charge in [0.05, 0.1) is 0 Å². The predicted molar refractivity (Wildman–Crippen MR) is 105 cm³/mol. The van der Waals surface area contributed by atoms with Gasteiger partial charge in [-0.2, -0.15) is 0 Å². The summed E-state index contributed by atoms with van der Waals surface area (Å²) in [6.45, 7) is 5.85. The first kappa shape index (κ1) is 20.6. The minimum Gasteiger partial charge on any atom is -0.444 e. The summed E-state index contributed by atoms with van der Waals surface area (Å²) in [6.07, 6.45) is -0.00593. The number of anilines is 1. The molecule has 1 atom stereocenters. The first-order valence-corrected chi connectivity index (χ1v) is 9.54. The number of amides is 4. The molecule has 3 rings (SSSR count). The maximum Gasteiger partial charge on any atom is 0.407 e. The first-order valence-electron chi connectivity index (χ1n) is 9.54. The van der Waals surface area contributed by atoms with Gasteiger partial charge in [0, 0.05) is 43.4 Å². The number of hydrogen-bond acceptors (Lipinski definition) is 6. The number of rotatable bonds is 4. The Morgan fingerprint density at radius 3 is 2.62 bits per heavy atom. The summed E-state index contributed by atoms with van der Waals surface area (Å²) in [5.74, 6) is -1.00. The second-order valence-electron chi connectivity index (χ2n) is 8.13. The molecule has 9 heteroatoms. The maximum atomic E-state index is 12.9. The van der Waals surface area contributed by atoms with E-state index in [1.54, 1.807) is 40.0 Å². The number of imide groups is 1. The molecule has 0 aliphatic carbocycles. The van der Waals surface area contributed by atoms with E-state index in [9.17, 15) is 19.2 Å². The SMILES string of the molecule is CNc1c(CNC(=O)OC(C)(C)C)ccc2c1CN(C1CCC(=O)NC1=O)C2=O. The molecule has 1 aromatic rings. The monoisotopic (exact) mass is 402 g/mol. The van der Waals surface area contributed by atoms with Gasteiger partial charge < -0.3 is 20.3 Å². The Morgan fingerprint density at radius 1 is 1.28 bits per heavy atom. The molecule has 0 aromatic heterocycles. The lowest BCUT2D eigenvalue weighted by Crippen LogP contribution is -2.52. The van der Waals surface area contributed by atoms with Crippen LogP contribution in [0.15, 0.2) is 12.1 Å². The summed E-state index contributed by atoms with van der Waals surface area (Å²) < 4.78 is 5.25. The van der Waals surface area contributed by atoms with Crippen LogP contribution < -0.4 is 16.0 Å². The molecule has 0 spiro atoms. The van der Waals surface area contributed by atoms with Crippen LogP contribution in [0.2, 0.25) is 0 Å². The normalized spacial score (nSPS) is 19.0. The van der Waals surface area contributed by atoms with E-state index in [4.69, 9.17) is 4.74 Å². The molecule has 1 aromatic carbocycles. The van der Waals surface area contributed by atoms with E-state index < -0.39 is 23.6 Å². The zero-order valence-corrected chi connectivity index (χ0v) is 17.0. The summed E-state index contributed by atoms with van der Waals surface area (Å²) in [4.78, 5) is 49.9. The van der Waals surface area contributed by atoms with Gasteiger partial charge in [0.1, 0.15) is 11.6 Å². The quantitative estimate of drug-likeness (QED) is 0.658. The van der Waals surface area contributed by atoms with Crippen molar-refractivity contribution in [2.45, 2.75) is 58.3 Å². The summed E-state index contributed by atoms with van der Waals surface area (Å²) >= 11 is 0. The minimum atomic E-state index is -0.666. The van der Waals surface area contributed by atoms with Crippen molar-refractivity contribution in [2.75, 3.05) is 12.4 Å². The molecule has 0 saturated carbocycles. The fraction of sp³-hybridized carbons (Fsp3) is 0.500. The standard InChI is InChI=1S/C20H26N4O5/c1-20(2,3)29-19(28)22-9-11-5-6-12-13(16(11)21-4)10-24(18(12)27)14-7-8-15(25)23-17(14)26/h5-6,14,21H,7-10H2,1-4H3,(H,22,28)(H,23,25,26). The predicted octanol–water partition coefficient (Wildman–Crippen LogP) is 1.51. The molecule has 1 fully saturated rings. The van der Waals surface area contributed by atoms with Crippen LogP contribution in [0.3, 0.4) is 0 Å². The smallest absolute Gasteiger partial charge is 0.407 e. The average molecular weight is 402 g/mol. The largest absolute Gasteiger partial charge is 0.444 e. The molecule has 3 N–H and O–H groups in total. The van der Waals surface area contributed by atoms with Crippen LogP contribution in [0.25, 0.3) is 0 Å². The summed E-state index contributed by atoms with van der Waals surface area (Å²) in [6, 6.07) is 2.81. The van der Waals surface area contributed by atoms with Crippen LogP contribution in [0.4, 0.5) is 10.5 Å². The molecule has 2 aliphatic heterocycles. The van der Waals surface area contributed by atoms with Gasteiger partial charge in [0.25, 0.3) is 5.91 Å². The van der Waals surface area contributed by atoms with Crippen molar-refractivity contribution in [3.05, 3.63) is 28.8 Å². The second kappa shape index (κ2) is 7.73. The lowest BCUT2D eigenvalue weighted by Gasteiger charge is -2.29. The Kier molecular flexibility index (Phi) is 5.50. The number of carbonyl (C=O) groups is 4. The fourth-order valence-electron chi connectivity index (χ4n) is 3.63. The Bertz CT molecular complexity index is 874. The Morgan fingerprint density at radius 2 is 2.00 bits per heavy atom. The van der Waals surface area contributed by atoms with Crippen LogP contribution in [0.5, 0.6) is 0 Å². The number of nitrogens with one attached hydrogen (secondary N) is 3. The van der Waals surface area contributed by atoms with Crippen LogP contribution in [0, 0.1) is 0 Å². The third-order valence-electron chi connectivity index (χ3n) is 4.88. The third-order valence-corrected chi connectivity index (χ3v) is 4.88. The Labute approximate surface area is 169 Å².